The van der Waals surface area contributed by atoms with Gasteiger partial charge in [0.05, 0.1) is 4.90 Å². The summed E-state index contributed by atoms with van der Waals surface area (Å²) in [4.78, 5) is 4.18. The summed E-state index contributed by atoms with van der Waals surface area (Å²) >= 11 is 0. The lowest BCUT2D eigenvalue weighted by molar-refractivity contribution is 0.466. The minimum Gasteiger partial charge on any atom is -0.326 e. The van der Waals surface area contributed by atoms with Gasteiger partial charge in [-0.1, -0.05) is 18.2 Å². The van der Waals surface area contributed by atoms with E-state index >= 15 is 0 Å². The Balaban J connectivity index is 2.30. The van der Waals surface area contributed by atoms with Crippen LogP contribution in [0.2, 0.25) is 0 Å². The number of aromatic nitrogens is 1. The summed E-state index contributed by atoms with van der Waals surface area (Å²) in [6, 6.07) is 10.4. The van der Waals surface area contributed by atoms with E-state index in [4.69, 9.17) is 5.73 Å². The molecule has 0 fully saturated rings. The van der Waals surface area contributed by atoms with E-state index in [9.17, 15) is 8.42 Å². The molecule has 0 saturated carbocycles. The maximum absolute atomic E-state index is 12.6. The fourth-order valence-corrected chi connectivity index (χ4v) is 3.31. The van der Waals surface area contributed by atoms with Gasteiger partial charge in [0.15, 0.2) is 0 Å². The molecule has 1 heterocycles. The zero-order valence-corrected chi connectivity index (χ0v) is 12.0. The standard InChI is InChI=1S/C14H17N3O2S/c1-17(11-12-6-8-16-9-7-12)20(18,19)14-5-3-2-4-13(14)10-15/h2-9H,10-11,15H2,1H3. The summed E-state index contributed by atoms with van der Waals surface area (Å²) < 4.78 is 26.5. The van der Waals surface area contributed by atoms with Crippen molar-refractivity contribution in [2.45, 2.75) is 18.0 Å². The number of nitrogens with zero attached hydrogens (tertiary/aromatic N) is 2. The molecule has 0 unspecified atom stereocenters. The fourth-order valence-electron chi connectivity index (χ4n) is 1.92. The predicted octanol–water partition coefficient (Wildman–Crippen LogP) is 1.36. The Hall–Kier alpha value is -1.76. The van der Waals surface area contributed by atoms with Crippen LogP contribution in [0.25, 0.3) is 0 Å². The van der Waals surface area contributed by atoms with Gasteiger partial charge in [-0.2, -0.15) is 4.31 Å². The van der Waals surface area contributed by atoms with Crippen LogP contribution < -0.4 is 5.73 Å². The van der Waals surface area contributed by atoms with E-state index in [0.717, 1.165) is 5.56 Å². The van der Waals surface area contributed by atoms with Crippen molar-refractivity contribution in [2.24, 2.45) is 5.73 Å². The molecule has 0 bridgehead atoms. The van der Waals surface area contributed by atoms with Crippen LogP contribution in [-0.4, -0.2) is 24.8 Å². The molecule has 1 aromatic heterocycles. The molecule has 6 heteroatoms. The minimum absolute atomic E-state index is 0.193. The second kappa shape index (κ2) is 6.13. The van der Waals surface area contributed by atoms with Crippen LogP contribution in [0.15, 0.2) is 53.7 Å². The first-order valence-electron chi connectivity index (χ1n) is 6.19. The van der Waals surface area contributed by atoms with E-state index in [2.05, 4.69) is 4.98 Å². The molecule has 0 aliphatic carbocycles. The van der Waals surface area contributed by atoms with Gasteiger partial charge < -0.3 is 5.73 Å². The highest BCUT2D eigenvalue weighted by atomic mass is 32.2. The second-order valence-corrected chi connectivity index (χ2v) is 6.44. The van der Waals surface area contributed by atoms with E-state index in [1.807, 2.05) is 0 Å². The number of hydrogen-bond acceptors (Lipinski definition) is 4. The van der Waals surface area contributed by atoms with Crippen LogP contribution in [0.4, 0.5) is 0 Å². The molecule has 0 aliphatic rings. The van der Waals surface area contributed by atoms with Crippen molar-refractivity contribution in [2.75, 3.05) is 7.05 Å². The number of benzene rings is 1. The summed E-state index contributed by atoms with van der Waals surface area (Å²) in [5.74, 6) is 0. The van der Waals surface area contributed by atoms with Gasteiger partial charge in [0.1, 0.15) is 0 Å². The zero-order valence-electron chi connectivity index (χ0n) is 11.2. The number of pyridine rings is 1. The van der Waals surface area contributed by atoms with E-state index in [-0.39, 0.29) is 11.4 Å². The van der Waals surface area contributed by atoms with Gasteiger partial charge in [0.25, 0.3) is 0 Å². The van der Waals surface area contributed by atoms with Crippen molar-refractivity contribution in [3.05, 3.63) is 59.9 Å². The maximum Gasteiger partial charge on any atom is 0.243 e. The summed E-state index contributed by atoms with van der Waals surface area (Å²) in [5.41, 5.74) is 7.11. The topological polar surface area (TPSA) is 76.3 Å². The van der Waals surface area contributed by atoms with Gasteiger partial charge in [-0.25, -0.2) is 8.42 Å². The lowest BCUT2D eigenvalue weighted by Gasteiger charge is -2.19. The van der Waals surface area contributed by atoms with Gasteiger partial charge >= 0.3 is 0 Å². The number of hydrogen-bond donors (Lipinski definition) is 1. The molecular weight excluding hydrogens is 274 g/mol. The third-order valence-corrected chi connectivity index (χ3v) is 4.94. The minimum atomic E-state index is -3.55. The smallest absolute Gasteiger partial charge is 0.243 e. The van der Waals surface area contributed by atoms with Crippen molar-refractivity contribution in [3.63, 3.8) is 0 Å². The van der Waals surface area contributed by atoms with E-state index < -0.39 is 10.0 Å². The molecule has 0 aliphatic heterocycles. The molecule has 106 valence electrons. The molecule has 1 aromatic carbocycles. The van der Waals surface area contributed by atoms with Crippen LogP contribution in [-0.2, 0) is 23.1 Å². The van der Waals surface area contributed by atoms with Crippen LogP contribution in [0.1, 0.15) is 11.1 Å². The lowest BCUT2D eigenvalue weighted by atomic mass is 10.2. The van der Waals surface area contributed by atoms with Crippen LogP contribution in [0.5, 0.6) is 0 Å². The van der Waals surface area contributed by atoms with Crippen LogP contribution >= 0.6 is 0 Å². The maximum atomic E-state index is 12.6. The van der Waals surface area contributed by atoms with Crippen molar-refractivity contribution in [3.8, 4) is 0 Å². The van der Waals surface area contributed by atoms with E-state index in [1.54, 1.807) is 55.8 Å². The Morgan fingerprint density at radius 3 is 2.45 bits per heavy atom. The Morgan fingerprint density at radius 1 is 1.15 bits per heavy atom. The molecular formula is C14H17N3O2S. The highest BCUT2D eigenvalue weighted by Gasteiger charge is 2.23. The molecule has 0 radical (unpaired) electrons. The number of rotatable bonds is 5. The van der Waals surface area contributed by atoms with Gasteiger partial charge in [0, 0.05) is 32.5 Å². The second-order valence-electron chi connectivity index (χ2n) is 4.43. The van der Waals surface area contributed by atoms with Crippen LogP contribution in [0, 0.1) is 0 Å². The zero-order chi connectivity index (χ0) is 14.6. The highest BCUT2D eigenvalue weighted by Crippen LogP contribution is 2.20. The Morgan fingerprint density at radius 2 is 1.80 bits per heavy atom. The fraction of sp³-hybridized carbons (Fsp3) is 0.214. The SMILES string of the molecule is CN(Cc1ccncc1)S(=O)(=O)c1ccccc1CN. The molecule has 0 amide bonds. The van der Waals surface area contributed by atoms with E-state index in [1.165, 1.54) is 4.31 Å². The average molecular weight is 291 g/mol. The molecule has 0 atom stereocenters. The number of nitrogens with two attached hydrogens (primary N) is 1. The summed E-state index contributed by atoms with van der Waals surface area (Å²) in [5, 5.41) is 0. The van der Waals surface area contributed by atoms with Crippen molar-refractivity contribution in [1.82, 2.24) is 9.29 Å². The quantitative estimate of drug-likeness (QED) is 0.902. The normalized spacial score (nSPS) is 11.8. The largest absolute Gasteiger partial charge is 0.326 e. The van der Waals surface area contributed by atoms with Gasteiger partial charge in [-0.3, -0.25) is 4.98 Å². The third-order valence-electron chi connectivity index (χ3n) is 3.04. The summed E-state index contributed by atoms with van der Waals surface area (Å²) in [6.45, 7) is 0.488. The molecule has 2 rings (SSSR count). The van der Waals surface area contributed by atoms with Crippen LogP contribution in [0.3, 0.4) is 0 Å². The Labute approximate surface area is 119 Å². The Kier molecular flexibility index (Phi) is 4.49. The van der Waals surface area contributed by atoms with Gasteiger partial charge in [-0.15, -0.1) is 0 Å². The Bertz CT molecular complexity index is 672. The number of sulfonamides is 1. The molecule has 0 saturated heterocycles. The first kappa shape index (κ1) is 14.6. The monoisotopic (exact) mass is 291 g/mol. The van der Waals surface area contributed by atoms with Gasteiger partial charge in [0.2, 0.25) is 10.0 Å². The lowest BCUT2D eigenvalue weighted by Crippen LogP contribution is -2.27. The van der Waals surface area contributed by atoms with E-state index in [0.29, 0.717) is 12.1 Å². The molecule has 2 aromatic rings. The molecule has 20 heavy (non-hydrogen) atoms. The van der Waals surface area contributed by atoms with Crippen molar-refractivity contribution >= 4 is 10.0 Å². The first-order chi connectivity index (χ1) is 9.55. The molecule has 5 nitrogen and oxygen atoms in total. The first-order valence-corrected chi connectivity index (χ1v) is 7.63. The molecule has 2 N–H and O–H groups in total. The summed E-state index contributed by atoms with van der Waals surface area (Å²) in [6.07, 6.45) is 3.28. The van der Waals surface area contributed by atoms with Crippen molar-refractivity contribution < 1.29 is 8.42 Å². The predicted molar refractivity (Wildman–Crippen MR) is 77.2 cm³/mol. The van der Waals surface area contributed by atoms with Gasteiger partial charge in [-0.05, 0) is 29.3 Å². The third kappa shape index (κ3) is 3.04. The summed E-state index contributed by atoms with van der Waals surface area (Å²) in [7, 11) is -1.99. The van der Waals surface area contributed by atoms with Crippen molar-refractivity contribution in [1.29, 1.82) is 0 Å². The molecule has 0 spiro atoms. The highest BCUT2D eigenvalue weighted by molar-refractivity contribution is 7.89. The average Bonchev–Trinajstić information content (AvgIpc) is 2.48.